The van der Waals surface area contributed by atoms with Crippen molar-refractivity contribution >= 4 is 45.5 Å². The monoisotopic (exact) mass is 582 g/mol. The Hall–Kier alpha value is -4.73. The third kappa shape index (κ3) is 5.70. The number of carbonyl (C=O) groups excluding carboxylic acids is 1. The molecule has 0 fully saturated rings. The Labute approximate surface area is 246 Å². The van der Waals surface area contributed by atoms with E-state index in [9.17, 15) is 23.5 Å². The summed E-state index contributed by atoms with van der Waals surface area (Å²) in [5.41, 5.74) is 6.03. The molecule has 1 aromatic heterocycles. The average Bonchev–Trinajstić information content (AvgIpc) is 3.33. The summed E-state index contributed by atoms with van der Waals surface area (Å²) < 4.78 is 28.8. The molecule has 5 rings (SSSR count). The molecule has 0 bridgehead atoms. The molecule has 0 radical (unpaired) electrons. The van der Waals surface area contributed by atoms with Gasteiger partial charge in [0.25, 0.3) is 17.2 Å². The molecule has 2 unspecified atom stereocenters. The summed E-state index contributed by atoms with van der Waals surface area (Å²) >= 11 is -2.52. The maximum absolute atomic E-state index is 13.2. The highest BCUT2D eigenvalue weighted by molar-refractivity contribution is 7.80. The molecule has 0 saturated heterocycles. The molecule has 4 aromatic carbocycles. The van der Waals surface area contributed by atoms with Crippen molar-refractivity contribution in [2.75, 3.05) is 9.62 Å². The molecule has 0 saturated carbocycles. The highest BCUT2D eigenvalue weighted by Gasteiger charge is 2.32. The highest BCUT2D eigenvalue weighted by Crippen LogP contribution is 2.35. The van der Waals surface area contributed by atoms with E-state index in [0.29, 0.717) is 17.0 Å². The molecule has 0 aliphatic rings. The third-order valence-corrected chi connectivity index (χ3v) is 7.92. The van der Waals surface area contributed by atoms with Crippen LogP contribution >= 0.6 is 0 Å². The molecule has 214 valence electrons. The SMILES string of the molecule is Cc1c(C(=O)Nc2ccc(-c3ccc(N(C(C(=O)O)C(C)C)S(=O)O)cc3)cc2)oc2cccc(-c3ccccc3)c12. The van der Waals surface area contributed by atoms with E-state index in [4.69, 9.17) is 4.42 Å². The molecule has 8 nitrogen and oxygen atoms in total. The Morgan fingerprint density at radius 3 is 2.02 bits per heavy atom. The van der Waals surface area contributed by atoms with Crippen molar-refractivity contribution in [3.05, 3.63) is 108 Å². The van der Waals surface area contributed by atoms with Crippen LogP contribution < -0.4 is 9.62 Å². The minimum atomic E-state index is -2.52. The normalized spacial score (nSPS) is 12.7. The van der Waals surface area contributed by atoms with E-state index in [1.54, 1.807) is 50.2 Å². The van der Waals surface area contributed by atoms with Gasteiger partial charge in [0.15, 0.2) is 5.76 Å². The first-order valence-electron chi connectivity index (χ1n) is 13.4. The van der Waals surface area contributed by atoms with Gasteiger partial charge in [0, 0.05) is 16.6 Å². The summed E-state index contributed by atoms with van der Waals surface area (Å²) in [5, 5.41) is 13.4. The quantitative estimate of drug-likeness (QED) is 0.156. The number of aryl methyl sites for hydroxylation is 1. The van der Waals surface area contributed by atoms with Gasteiger partial charge >= 0.3 is 5.97 Å². The number of rotatable bonds is 9. The van der Waals surface area contributed by atoms with Crippen molar-refractivity contribution < 1.29 is 27.9 Å². The Kier molecular flexibility index (Phi) is 8.24. The number of aliphatic carboxylic acids is 1. The van der Waals surface area contributed by atoms with Gasteiger partial charge in [-0.15, -0.1) is 0 Å². The van der Waals surface area contributed by atoms with E-state index in [1.807, 2.05) is 67.6 Å². The van der Waals surface area contributed by atoms with Crippen molar-refractivity contribution in [3.8, 4) is 22.3 Å². The molecule has 0 aliphatic carbocycles. The fourth-order valence-corrected chi connectivity index (χ4v) is 5.95. The van der Waals surface area contributed by atoms with Gasteiger partial charge in [0.05, 0.1) is 5.69 Å². The fraction of sp³-hybridized carbons (Fsp3) is 0.152. The number of carbonyl (C=O) groups is 2. The molecular weight excluding hydrogens is 552 g/mol. The number of anilines is 2. The Morgan fingerprint density at radius 1 is 0.833 bits per heavy atom. The summed E-state index contributed by atoms with van der Waals surface area (Å²) in [6.45, 7) is 5.25. The van der Waals surface area contributed by atoms with Gasteiger partial charge in [-0.1, -0.05) is 80.6 Å². The van der Waals surface area contributed by atoms with Gasteiger partial charge in [0.2, 0.25) is 0 Å². The second kappa shape index (κ2) is 12.0. The van der Waals surface area contributed by atoms with E-state index < -0.39 is 29.2 Å². The van der Waals surface area contributed by atoms with Gasteiger partial charge in [-0.3, -0.25) is 13.7 Å². The van der Waals surface area contributed by atoms with E-state index in [1.165, 1.54) is 0 Å². The molecule has 42 heavy (non-hydrogen) atoms. The first-order chi connectivity index (χ1) is 20.2. The second-order valence-electron chi connectivity index (χ2n) is 10.3. The summed E-state index contributed by atoms with van der Waals surface area (Å²) in [7, 11) is 0. The average molecular weight is 583 g/mol. The van der Waals surface area contributed by atoms with Crippen molar-refractivity contribution in [1.29, 1.82) is 0 Å². The maximum Gasteiger partial charge on any atom is 0.327 e. The van der Waals surface area contributed by atoms with E-state index >= 15 is 0 Å². The van der Waals surface area contributed by atoms with Gasteiger partial charge in [-0.25, -0.2) is 9.00 Å². The minimum absolute atomic E-state index is 0.250. The van der Waals surface area contributed by atoms with Crippen LogP contribution in [-0.4, -0.2) is 31.8 Å². The number of amides is 1. The zero-order valence-corrected chi connectivity index (χ0v) is 24.1. The zero-order valence-electron chi connectivity index (χ0n) is 23.3. The molecule has 0 spiro atoms. The highest BCUT2D eigenvalue weighted by atomic mass is 32.2. The summed E-state index contributed by atoms with van der Waals surface area (Å²) in [6, 6.07) is 28.6. The lowest BCUT2D eigenvalue weighted by molar-refractivity contribution is -0.139. The molecule has 1 amide bonds. The van der Waals surface area contributed by atoms with Crippen LogP contribution in [0.25, 0.3) is 33.2 Å². The lowest BCUT2D eigenvalue weighted by Gasteiger charge is -2.29. The Bertz CT molecular complexity index is 1760. The predicted octanol–water partition coefficient (Wildman–Crippen LogP) is 7.38. The van der Waals surface area contributed by atoms with E-state index in [0.717, 1.165) is 37.5 Å². The molecule has 2 atom stereocenters. The van der Waals surface area contributed by atoms with Gasteiger partial charge in [-0.05, 0) is 65.4 Å². The molecule has 1 heterocycles. The number of furan rings is 1. The zero-order chi connectivity index (χ0) is 30.0. The summed E-state index contributed by atoms with van der Waals surface area (Å²) in [4.78, 5) is 25.0. The van der Waals surface area contributed by atoms with Gasteiger partial charge in [-0.2, -0.15) is 0 Å². The number of hydrogen-bond donors (Lipinski definition) is 3. The number of nitrogens with one attached hydrogen (secondary N) is 1. The second-order valence-corrected chi connectivity index (χ2v) is 11.1. The third-order valence-electron chi connectivity index (χ3n) is 7.15. The lowest BCUT2D eigenvalue weighted by Crippen LogP contribution is -2.45. The fourth-order valence-electron chi connectivity index (χ4n) is 5.12. The van der Waals surface area contributed by atoms with Crippen LogP contribution in [0, 0.1) is 12.8 Å². The van der Waals surface area contributed by atoms with Crippen LogP contribution in [0.15, 0.2) is 101 Å². The Balaban J connectivity index is 1.34. The number of hydrogen-bond acceptors (Lipinski definition) is 4. The van der Waals surface area contributed by atoms with Crippen LogP contribution in [0.1, 0.15) is 30.0 Å². The first kappa shape index (κ1) is 28.8. The topological polar surface area (TPSA) is 120 Å². The van der Waals surface area contributed by atoms with Crippen LogP contribution in [0.2, 0.25) is 0 Å². The minimum Gasteiger partial charge on any atom is -0.480 e. The lowest BCUT2D eigenvalue weighted by atomic mass is 9.99. The number of carboxylic acids is 1. The van der Waals surface area contributed by atoms with Crippen molar-refractivity contribution in [2.45, 2.75) is 26.8 Å². The van der Waals surface area contributed by atoms with Crippen LogP contribution in [0.4, 0.5) is 11.4 Å². The molecule has 3 N–H and O–H groups in total. The predicted molar refractivity (Wildman–Crippen MR) is 166 cm³/mol. The Morgan fingerprint density at radius 2 is 1.45 bits per heavy atom. The van der Waals surface area contributed by atoms with Crippen LogP contribution in [0.5, 0.6) is 0 Å². The number of nitrogens with zero attached hydrogens (tertiary/aromatic N) is 1. The van der Waals surface area contributed by atoms with Crippen molar-refractivity contribution in [2.24, 2.45) is 5.92 Å². The van der Waals surface area contributed by atoms with Crippen LogP contribution in [0.3, 0.4) is 0 Å². The first-order valence-corrected chi connectivity index (χ1v) is 14.4. The van der Waals surface area contributed by atoms with Gasteiger partial charge < -0.3 is 14.8 Å². The smallest absolute Gasteiger partial charge is 0.327 e. The largest absolute Gasteiger partial charge is 0.480 e. The van der Waals surface area contributed by atoms with Crippen molar-refractivity contribution in [3.63, 3.8) is 0 Å². The van der Waals surface area contributed by atoms with Crippen molar-refractivity contribution in [1.82, 2.24) is 0 Å². The standard InChI is InChI=1S/C33H30N2O6S/c1-20(2)30(33(37)38)35(42(39)40)26-18-14-23(15-19-26)22-12-16-25(17-13-22)34-32(36)31-21(3)29-27(10-7-11-28(29)41-31)24-8-5-4-6-9-24/h4-20,30H,1-3H3,(H,34,36)(H,37,38)(H,39,40). The molecular formula is C33H30N2O6S. The number of benzene rings is 4. The molecule has 5 aromatic rings. The number of carboxylic acid groups (broad SMARTS) is 1. The summed E-state index contributed by atoms with van der Waals surface area (Å²) in [5.74, 6) is -1.67. The van der Waals surface area contributed by atoms with E-state index in [2.05, 4.69) is 5.32 Å². The summed E-state index contributed by atoms with van der Waals surface area (Å²) in [6.07, 6.45) is 0. The maximum atomic E-state index is 13.2. The van der Waals surface area contributed by atoms with Crippen LogP contribution in [-0.2, 0) is 16.1 Å². The molecule has 9 heteroatoms. The van der Waals surface area contributed by atoms with Gasteiger partial charge in [0.1, 0.15) is 11.6 Å². The number of fused-ring (bicyclic) bond motifs is 1. The molecule has 0 aliphatic heterocycles. The van der Waals surface area contributed by atoms with E-state index in [-0.39, 0.29) is 11.7 Å².